The Morgan fingerprint density at radius 3 is 2.42 bits per heavy atom. The summed E-state index contributed by atoms with van der Waals surface area (Å²) in [5.74, 6) is -2.42. The van der Waals surface area contributed by atoms with Crippen molar-refractivity contribution in [2.75, 3.05) is 11.9 Å². The normalized spacial score (nSPS) is 30.1. The first-order valence-electron chi connectivity index (χ1n) is 15.3. The number of amides is 3. The summed E-state index contributed by atoms with van der Waals surface area (Å²) in [6.07, 6.45) is 0.983. The van der Waals surface area contributed by atoms with Crippen LogP contribution < -0.4 is 10.6 Å². The molecular weight excluding hydrogens is 542 g/mol. The van der Waals surface area contributed by atoms with Gasteiger partial charge in [0, 0.05) is 12.2 Å². The Labute approximate surface area is 252 Å². The average molecular weight is 584 g/mol. The van der Waals surface area contributed by atoms with Crippen molar-refractivity contribution in [2.45, 2.75) is 70.4 Å². The topological polar surface area (TPSA) is 108 Å². The van der Waals surface area contributed by atoms with Gasteiger partial charge in [0.25, 0.3) is 0 Å². The van der Waals surface area contributed by atoms with Crippen LogP contribution in [0.15, 0.2) is 72.8 Å². The summed E-state index contributed by atoms with van der Waals surface area (Å²) in [4.78, 5) is 44.4. The van der Waals surface area contributed by atoms with E-state index in [-0.39, 0.29) is 36.2 Å². The number of hydrogen-bond acceptors (Lipinski definition) is 5. The van der Waals surface area contributed by atoms with Crippen molar-refractivity contribution in [2.24, 2.45) is 23.7 Å². The van der Waals surface area contributed by atoms with Crippen LogP contribution in [0.1, 0.15) is 46.1 Å². The number of carbonyl (C=O) groups is 3. The summed E-state index contributed by atoms with van der Waals surface area (Å²) in [5, 5.41) is 18.7. The van der Waals surface area contributed by atoms with Crippen molar-refractivity contribution >= 4 is 34.2 Å². The van der Waals surface area contributed by atoms with Crippen LogP contribution in [0.2, 0.25) is 0 Å². The number of benzene rings is 3. The van der Waals surface area contributed by atoms with Crippen LogP contribution in [-0.4, -0.2) is 57.6 Å². The van der Waals surface area contributed by atoms with Gasteiger partial charge in [0.15, 0.2) is 0 Å². The molecule has 43 heavy (non-hydrogen) atoms. The van der Waals surface area contributed by atoms with Crippen molar-refractivity contribution in [3.05, 3.63) is 78.4 Å². The van der Waals surface area contributed by atoms with Crippen LogP contribution in [0.5, 0.6) is 0 Å². The zero-order valence-corrected chi connectivity index (χ0v) is 25.2. The Hall–Kier alpha value is -3.75. The van der Waals surface area contributed by atoms with E-state index in [9.17, 15) is 19.5 Å². The molecule has 0 aromatic heterocycles. The van der Waals surface area contributed by atoms with Crippen molar-refractivity contribution in [3.8, 4) is 0 Å². The van der Waals surface area contributed by atoms with E-state index in [0.29, 0.717) is 25.1 Å². The van der Waals surface area contributed by atoms with Gasteiger partial charge in [-0.1, -0.05) is 81.4 Å². The largest absolute Gasteiger partial charge is 0.394 e. The summed E-state index contributed by atoms with van der Waals surface area (Å²) in [5.41, 5.74) is -0.534. The maximum Gasteiger partial charge on any atom is 0.250 e. The Balaban J connectivity index is 1.37. The molecule has 0 aliphatic carbocycles. The predicted octanol–water partition coefficient (Wildman–Crippen LogP) is 4.51. The fourth-order valence-corrected chi connectivity index (χ4v) is 7.96. The summed E-state index contributed by atoms with van der Waals surface area (Å²) < 4.78 is 6.85. The molecule has 3 N–H and O–H groups in total. The van der Waals surface area contributed by atoms with Gasteiger partial charge in [0.05, 0.1) is 30.1 Å². The lowest BCUT2D eigenvalue weighted by molar-refractivity contribution is -0.149. The molecule has 1 spiro atoms. The Kier molecular flexibility index (Phi) is 7.55. The van der Waals surface area contributed by atoms with Crippen LogP contribution >= 0.6 is 0 Å². The van der Waals surface area contributed by atoms with Crippen LogP contribution in [0.25, 0.3) is 10.8 Å². The summed E-state index contributed by atoms with van der Waals surface area (Å²) in [7, 11) is 0. The number of rotatable bonds is 9. The first kappa shape index (κ1) is 29.3. The van der Waals surface area contributed by atoms with E-state index in [1.165, 1.54) is 0 Å². The molecule has 3 aromatic carbocycles. The molecule has 0 radical (unpaired) electrons. The van der Waals surface area contributed by atoms with E-state index in [0.717, 1.165) is 16.3 Å². The molecule has 6 rings (SSSR count). The van der Waals surface area contributed by atoms with Crippen molar-refractivity contribution < 1.29 is 24.2 Å². The highest BCUT2D eigenvalue weighted by Gasteiger charge is 2.80. The van der Waals surface area contributed by atoms with Crippen molar-refractivity contribution in [3.63, 3.8) is 0 Å². The number of fused-ring (bicyclic) bond motifs is 2. The monoisotopic (exact) mass is 583 g/mol. The lowest BCUT2D eigenvalue weighted by Crippen LogP contribution is -2.56. The van der Waals surface area contributed by atoms with Gasteiger partial charge in [0.1, 0.15) is 11.6 Å². The highest BCUT2D eigenvalue weighted by molar-refractivity contribution is 6.04. The minimum absolute atomic E-state index is 0.0716. The highest BCUT2D eigenvalue weighted by atomic mass is 16.5. The Morgan fingerprint density at radius 1 is 1.02 bits per heavy atom. The minimum Gasteiger partial charge on any atom is -0.394 e. The van der Waals surface area contributed by atoms with Gasteiger partial charge in [-0.25, -0.2) is 0 Å². The van der Waals surface area contributed by atoms with Gasteiger partial charge in [-0.05, 0) is 60.1 Å². The second-order valence-electron chi connectivity index (χ2n) is 13.2. The standard InChI is InChI=1S/C35H41N3O5/c1-21(2)16-27(20-39)38-30(32(41)37-26-15-14-24-12-8-9-13-25(24)17-26)35-18-22(3)34(4,43-35)28(29(35)33(38)42)31(40)36-19-23-10-6-5-7-11-23/h5-15,17,21-22,27-30,39H,16,18-20H2,1-4H3,(H,36,40)(H,37,41)/t22?,27-,28-,29+,30?,34+,35?/m1/s1. The first-order valence-corrected chi connectivity index (χ1v) is 15.3. The molecule has 7 atom stereocenters. The van der Waals surface area contributed by atoms with Gasteiger partial charge in [-0.15, -0.1) is 0 Å². The fraction of sp³-hybridized carbons (Fsp3) is 0.457. The molecule has 2 bridgehead atoms. The minimum atomic E-state index is -1.19. The summed E-state index contributed by atoms with van der Waals surface area (Å²) >= 11 is 0. The molecule has 3 aliphatic heterocycles. The van der Waals surface area contributed by atoms with Gasteiger partial charge in [0.2, 0.25) is 17.7 Å². The van der Waals surface area contributed by atoms with E-state index in [4.69, 9.17) is 4.74 Å². The third kappa shape index (κ3) is 4.81. The zero-order chi connectivity index (χ0) is 30.5. The van der Waals surface area contributed by atoms with Crippen LogP contribution in [-0.2, 0) is 25.7 Å². The van der Waals surface area contributed by atoms with Crippen LogP contribution in [0.4, 0.5) is 5.69 Å². The smallest absolute Gasteiger partial charge is 0.250 e. The Morgan fingerprint density at radius 2 is 1.72 bits per heavy atom. The van der Waals surface area contributed by atoms with Crippen molar-refractivity contribution in [1.29, 1.82) is 0 Å². The van der Waals surface area contributed by atoms with Crippen LogP contribution in [0.3, 0.4) is 0 Å². The molecule has 3 aromatic rings. The number of aliphatic hydroxyl groups excluding tert-OH is 1. The van der Waals surface area contributed by atoms with E-state index < -0.39 is 35.1 Å². The second-order valence-corrected chi connectivity index (χ2v) is 13.2. The van der Waals surface area contributed by atoms with E-state index in [2.05, 4.69) is 10.6 Å². The maximum absolute atomic E-state index is 14.5. The predicted molar refractivity (Wildman–Crippen MR) is 165 cm³/mol. The molecule has 8 heteroatoms. The number of nitrogens with one attached hydrogen (secondary N) is 2. The molecule has 3 saturated heterocycles. The molecular formula is C35H41N3O5. The molecule has 3 unspecified atom stereocenters. The molecule has 8 nitrogen and oxygen atoms in total. The summed E-state index contributed by atoms with van der Waals surface area (Å²) in [6.45, 7) is 8.03. The third-order valence-corrected chi connectivity index (χ3v) is 9.96. The zero-order valence-electron chi connectivity index (χ0n) is 25.2. The number of nitrogens with zero attached hydrogens (tertiary/aromatic N) is 1. The fourth-order valence-electron chi connectivity index (χ4n) is 7.96. The lowest BCUT2D eigenvalue weighted by atomic mass is 9.62. The second kappa shape index (κ2) is 11.1. The third-order valence-electron chi connectivity index (χ3n) is 9.96. The highest BCUT2D eigenvalue weighted by Crippen LogP contribution is 2.65. The first-order chi connectivity index (χ1) is 20.6. The quantitative estimate of drug-likeness (QED) is 0.344. The van der Waals surface area contributed by atoms with Gasteiger partial charge in [-0.2, -0.15) is 0 Å². The van der Waals surface area contributed by atoms with E-state index >= 15 is 0 Å². The van der Waals surface area contributed by atoms with Crippen molar-refractivity contribution in [1.82, 2.24) is 10.2 Å². The number of likely N-dealkylation sites (tertiary alicyclic amines) is 1. The van der Waals surface area contributed by atoms with Crippen LogP contribution in [0, 0.1) is 23.7 Å². The molecule has 3 fully saturated rings. The van der Waals surface area contributed by atoms with E-state index in [1.54, 1.807) is 4.90 Å². The SMILES string of the molecule is CC(C)C[C@H](CO)N1C(=O)[C@@H]2[C@H](C(=O)NCc3ccccc3)[C@@]3(C)OC2(CC3C)C1C(=O)Nc1ccc2ccccc2c1. The Bertz CT molecular complexity index is 1540. The average Bonchev–Trinajstić information content (AvgIpc) is 3.51. The summed E-state index contributed by atoms with van der Waals surface area (Å²) in [6, 6.07) is 21.7. The maximum atomic E-state index is 14.5. The van der Waals surface area contributed by atoms with Gasteiger partial charge in [-0.3, -0.25) is 14.4 Å². The van der Waals surface area contributed by atoms with Gasteiger partial charge < -0.3 is 25.4 Å². The number of carbonyl (C=O) groups excluding carboxylic acids is 3. The lowest BCUT2D eigenvalue weighted by Gasteiger charge is -2.37. The number of anilines is 1. The number of ether oxygens (including phenoxy) is 1. The molecule has 0 saturated carbocycles. The molecule has 3 aliphatic rings. The van der Waals surface area contributed by atoms with Gasteiger partial charge >= 0.3 is 0 Å². The number of aliphatic hydroxyl groups is 1. The van der Waals surface area contributed by atoms with E-state index in [1.807, 2.05) is 100 Å². The molecule has 226 valence electrons. The molecule has 3 amide bonds. The number of hydrogen-bond donors (Lipinski definition) is 3. The molecule has 3 heterocycles.